The van der Waals surface area contributed by atoms with Crippen LogP contribution in [0.15, 0.2) is 42.5 Å². The molecule has 3 aromatic rings. The van der Waals surface area contributed by atoms with Gasteiger partial charge < -0.3 is 5.32 Å². The number of benzene rings is 2. The second-order valence-electron chi connectivity index (χ2n) is 8.53. The third-order valence-corrected chi connectivity index (χ3v) is 6.28. The van der Waals surface area contributed by atoms with Gasteiger partial charge in [-0.25, -0.2) is 18.2 Å². The molecule has 0 saturated carbocycles. The van der Waals surface area contributed by atoms with Gasteiger partial charge in [-0.05, 0) is 57.7 Å². The zero-order valence-electron chi connectivity index (χ0n) is 17.5. The number of nitrogens with two attached hydrogens (primary N) is 1. The highest BCUT2D eigenvalue weighted by Gasteiger charge is 2.34. The van der Waals surface area contributed by atoms with Crippen LogP contribution in [0.1, 0.15) is 47.8 Å². The van der Waals surface area contributed by atoms with Crippen molar-refractivity contribution < 1.29 is 13.2 Å². The number of tetrazole rings is 1. The van der Waals surface area contributed by atoms with Crippen molar-refractivity contribution in [3.8, 4) is 11.4 Å². The van der Waals surface area contributed by atoms with Crippen LogP contribution < -0.4 is 10.5 Å². The highest BCUT2D eigenvalue weighted by Crippen LogP contribution is 2.44. The molecule has 10 heteroatoms. The number of anilines is 1. The highest BCUT2D eigenvalue weighted by molar-refractivity contribution is 7.89. The molecule has 2 heterocycles. The van der Waals surface area contributed by atoms with Crippen LogP contribution in [0.25, 0.3) is 11.4 Å². The molecule has 1 aliphatic heterocycles. The molecule has 4 rings (SSSR count). The summed E-state index contributed by atoms with van der Waals surface area (Å²) in [5.41, 5.74) is 4.02. The van der Waals surface area contributed by atoms with Crippen molar-refractivity contribution in [2.75, 3.05) is 11.1 Å². The first-order chi connectivity index (χ1) is 14.5. The van der Waals surface area contributed by atoms with Crippen LogP contribution >= 0.6 is 0 Å². The molecule has 0 amide bonds. The Morgan fingerprint density at radius 2 is 2.03 bits per heavy atom. The number of primary sulfonamides is 1. The standard InChI is InChI=1S/C21H24N6O3S/c1-21(2)11-18(13-5-4-6-15(9-13)20-24-25-26-27(20)3)23-17-8-7-14(10-16(17)21)19(28)12-31(22,29)30/h4-10,18,23H,11-12H2,1-3H3,(H2,22,29,30). The van der Waals surface area contributed by atoms with E-state index < -0.39 is 21.6 Å². The van der Waals surface area contributed by atoms with Gasteiger partial charge in [0.1, 0.15) is 5.75 Å². The van der Waals surface area contributed by atoms with E-state index in [1.807, 2.05) is 18.2 Å². The zero-order chi connectivity index (χ0) is 22.4. The molecule has 0 fully saturated rings. The van der Waals surface area contributed by atoms with E-state index >= 15 is 0 Å². The van der Waals surface area contributed by atoms with Crippen molar-refractivity contribution >= 4 is 21.5 Å². The van der Waals surface area contributed by atoms with Gasteiger partial charge in [0.25, 0.3) is 0 Å². The molecule has 0 bridgehead atoms. The Kier molecular flexibility index (Phi) is 5.14. The summed E-state index contributed by atoms with van der Waals surface area (Å²) in [6.45, 7) is 4.23. The molecule has 0 radical (unpaired) electrons. The average molecular weight is 441 g/mol. The van der Waals surface area contributed by atoms with Crippen molar-refractivity contribution in [3.05, 3.63) is 59.2 Å². The monoisotopic (exact) mass is 440 g/mol. The first-order valence-corrected chi connectivity index (χ1v) is 11.5. The maximum Gasteiger partial charge on any atom is 0.216 e. The summed E-state index contributed by atoms with van der Waals surface area (Å²) < 4.78 is 24.2. The molecule has 2 aromatic carbocycles. The predicted octanol–water partition coefficient (Wildman–Crippen LogP) is 2.18. The molecule has 1 atom stereocenters. The molecule has 1 aliphatic rings. The van der Waals surface area contributed by atoms with E-state index in [4.69, 9.17) is 5.14 Å². The van der Waals surface area contributed by atoms with Crippen molar-refractivity contribution in [1.82, 2.24) is 20.2 Å². The Labute approximate surface area is 180 Å². The second-order valence-corrected chi connectivity index (χ2v) is 10.1. The first kappa shape index (κ1) is 21.1. The van der Waals surface area contributed by atoms with Gasteiger partial charge in [-0.2, -0.15) is 0 Å². The Bertz CT molecular complexity index is 1270. The summed E-state index contributed by atoms with van der Waals surface area (Å²) >= 11 is 0. The van der Waals surface area contributed by atoms with Crippen LogP contribution in [0.5, 0.6) is 0 Å². The number of carbonyl (C=O) groups is 1. The number of aryl methyl sites for hydroxylation is 1. The van der Waals surface area contributed by atoms with E-state index in [1.54, 1.807) is 23.9 Å². The van der Waals surface area contributed by atoms with Gasteiger partial charge in [0, 0.05) is 23.9 Å². The van der Waals surface area contributed by atoms with Gasteiger partial charge in [0.15, 0.2) is 11.6 Å². The van der Waals surface area contributed by atoms with Gasteiger partial charge >= 0.3 is 0 Å². The lowest BCUT2D eigenvalue weighted by atomic mass is 9.73. The van der Waals surface area contributed by atoms with Crippen LogP contribution in [0, 0.1) is 0 Å². The summed E-state index contributed by atoms with van der Waals surface area (Å²) in [5, 5.41) is 20.3. The van der Waals surface area contributed by atoms with E-state index in [0.29, 0.717) is 11.4 Å². The number of rotatable bonds is 5. The van der Waals surface area contributed by atoms with Gasteiger partial charge in [-0.1, -0.05) is 32.0 Å². The Morgan fingerprint density at radius 3 is 2.71 bits per heavy atom. The number of carbonyl (C=O) groups excluding carboxylic acids is 1. The molecule has 1 aromatic heterocycles. The predicted molar refractivity (Wildman–Crippen MR) is 117 cm³/mol. The van der Waals surface area contributed by atoms with Crippen LogP contribution in [0.2, 0.25) is 0 Å². The third kappa shape index (κ3) is 4.35. The number of fused-ring (bicyclic) bond motifs is 1. The van der Waals surface area contributed by atoms with E-state index in [1.165, 1.54) is 0 Å². The highest BCUT2D eigenvalue weighted by atomic mass is 32.2. The first-order valence-electron chi connectivity index (χ1n) is 9.81. The van der Waals surface area contributed by atoms with Gasteiger partial charge in [0.05, 0.1) is 6.04 Å². The summed E-state index contributed by atoms with van der Waals surface area (Å²) in [7, 11) is -2.07. The Balaban J connectivity index is 1.65. The van der Waals surface area contributed by atoms with Crippen molar-refractivity contribution in [1.29, 1.82) is 0 Å². The Hall–Kier alpha value is -3.11. The fourth-order valence-corrected chi connectivity index (χ4v) is 4.63. The summed E-state index contributed by atoms with van der Waals surface area (Å²) in [5.74, 6) is -0.519. The average Bonchev–Trinajstić information content (AvgIpc) is 3.12. The largest absolute Gasteiger partial charge is 0.378 e. The van der Waals surface area contributed by atoms with Crippen LogP contribution in [0.3, 0.4) is 0 Å². The second kappa shape index (κ2) is 7.54. The minimum Gasteiger partial charge on any atom is -0.378 e. The van der Waals surface area contributed by atoms with E-state index in [0.717, 1.165) is 28.8 Å². The maximum atomic E-state index is 12.3. The summed E-state index contributed by atoms with van der Waals surface area (Å²) in [6.07, 6.45) is 0.785. The fourth-order valence-electron chi connectivity index (χ4n) is 4.10. The molecule has 9 nitrogen and oxygen atoms in total. The number of Topliss-reactive ketones (excluding diaryl/α,β-unsaturated/α-hetero) is 1. The number of ketones is 1. The minimum atomic E-state index is -3.87. The zero-order valence-corrected chi connectivity index (χ0v) is 18.3. The Morgan fingerprint density at radius 1 is 1.26 bits per heavy atom. The molecular weight excluding hydrogens is 416 g/mol. The normalized spacial score (nSPS) is 17.6. The lowest BCUT2D eigenvalue weighted by molar-refractivity contribution is 0.102. The van der Waals surface area contributed by atoms with Crippen LogP contribution in [-0.2, 0) is 22.5 Å². The number of hydrogen-bond donors (Lipinski definition) is 2. The van der Waals surface area contributed by atoms with Crippen molar-refractivity contribution in [3.63, 3.8) is 0 Å². The molecule has 0 saturated heterocycles. The van der Waals surface area contributed by atoms with E-state index in [-0.39, 0.29) is 11.5 Å². The number of aromatic nitrogens is 4. The number of sulfonamides is 1. The van der Waals surface area contributed by atoms with Crippen molar-refractivity contribution in [2.45, 2.75) is 31.7 Å². The molecule has 3 N–H and O–H groups in total. The minimum absolute atomic E-state index is 0.0506. The lowest BCUT2D eigenvalue weighted by Gasteiger charge is -2.39. The molecule has 0 spiro atoms. The maximum absolute atomic E-state index is 12.3. The number of hydrogen-bond acceptors (Lipinski definition) is 7. The van der Waals surface area contributed by atoms with Gasteiger partial charge in [-0.3, -0.25) is 4.79 Å². The van der Waals surface area contributed by atoms with Gasteiger partial charge in [0.2, 0.25) is 10.0 Å². The quantitative estimate of drug-likeness (QED) is 0.581. The summed E-state index contributed by atoms with van der Waals surface area (Å²) in [6, 6.07) is 13.4. The number of nitrogens with one attached hydrogen (secondary N) is 1. The summed E-state index contributed by atoms with van der Waals surface area (Å²) in [4.78, 5) is 12.3. The number of nitrogens with zero attached hydrogens (tertiary/aromatic N) is 4. The van der Waals surface area contributed by atoms with Crippen LogP contribution in [-0.4, -0.2) is 40.2 Å². The fraction of sp³-hybridized carbons (Fsp3) is 0.333. The molecular formula is C21H24N6O3S. The van der Waals surface area contributed by atoms with E-state index in [9.17, 15) is 13.2 Å². The van der Waals surface area contributed by atoms with Crippen LogP contribution in [0.4, 0.5) is 5.69 Å². The van der Waals surface area contributed by atoms with E-state index in [2.05, 4.69) is 46.8 Å². The third-order valence-electron chi connectivity index (χ3n) is 5.61. The molecule has 31 heavy (non-hydrogen) atoms. The molecule has 162 valence electrons. The smallest absolute Gasteiger partial charge is 0.216 e. The molecule has 1 unspecified atom stereocenters. The molecule has 0 aliphatic carbocycles. The van der Waals surface area contributed by atoms with Gasteiger partial charge in [-0.15, -0.1) is 5.10 Å². The topological polar surface area (TPSA) is 133 Å². The SMILES string of the molecule is Cn1nnnc1-c1cccc(C2CC(C)(C)c3cc(C(=O)CS(N)(=O)=O)ccc3N2)c1. The lowest BCUT2D eigenvalue weighted by Crippen LogP contribution is -2.31. The van der Waals surface area contributed by atoms with Crippen molar-refractivity contribution in [2.24, 2.45) is 12.2 Å².